The van der Waals surface area contributed by atoms with Crippen molar-refractivity contribution in [2.45, 2.75) is 5.41 Å². The van der Waals surface area contributed by atoms with Crippen LogP contribution < -0.4 is 5.46 Å². The lowest BCUT2D eigenvalue weighted by atomic mass is 9.69. The molecule has 4 aromatic rings. The average molecular weight is 366 g/mol. The molecule has 1 atom stereocenters. The highest BCUT2D eigenvalue weighted by Crippen LogP contribution is 2.63. The Labute approximate surface area is 161 Å². The minimum Gasteiger partial charge on any atom is -0.423 e. The third-order valence-electron chi connectivity index (χ3n) is 6.01. The second-order valence-corrected chi connectivity index (χ2v) is 8.10. The summed E-state index contributed by atoms with van der Waals surface area (Å²) in [5.41, 5.74) is 8.80. The first-order valence-corrected chi connectivity index (χ1v) is 9.89. The highest BCUT2D eigenvalue weighted by atomic mass is 32.1. The van der Waals surface area contributed by atoms with Gasteiger partial charge >= 0.3 is 7.12 Å². The summed E-state index contributed by atoms with van der Waals surface area (Å²) in [4.78, 5) is 1.31. The lowest BCUT2D eigenvalue weighted by molar-refractivity contribution is 0.425. The maximum absolute atomic E-state index is 9.81. The Hall–Kier alpha value is -2.66. The maximum Gasteiger partial charge on any atom is 0.488 e. The smallest absolute Gasteiger partial charge is 0.423 e. The minimum atomic E-state index is -1.48. The summed E-state index contributed by atoms with van der Waals surface area (Å²) in [6.45, 7) is 0. The molecule has 0 amide bonds. The third-order valence-corrected chi connectivity index (χ3v) is 6.96. The van der Waals surface area contributed by atoms with Crippen LogP contribution in [0.1, 0.15) is 22.3 Å². The Morgan fingerprint density at radius 2 is 1.33 bits per heavy atom. The summed E-state index contributed by atoms with van der Waals surface area (Å²) in [5, 5.41) is 21.8. The fourth-order valence-corrected chi connectivity index (χ4v) is 6.00. The van der Waals surface area contributed by atoms with Crippen LogP contribution in [-0.2, 0) is 5.41 Å². The maximum atomic E-state index is 9.81. The topological polar surface area (TPSA) is 40.5 Å². The lowest BCUT2D eigenvalue weighted by Gasteiger charge is -2.30. The summed E-state index contributed by atoms with van der Waals surface area (Å²) >= 11 is 1.78. The summed E-state index contributed by atoms with van der Waals surface area (Å²) < 4.78 is 0. The van der Waals surface area contributed by atoms with Crippen molar-refractivity contribution in [2.75, 3.05) is 0 Å². The number of thiophene rings is 1. The molecule has 2 nitrogen and oxygen atoms in total. The van der Waals surface area contributed by atoms with E-state index >= 15 is 0 Å². The Balaban J connectivity index is 1.82. The van der Waals surface area contributed by atoms with Crippen LogP contribution in [0.3, 0.4) is 0 Å². The fourth-order valence-electron chi connectivity index (χ4n) is 5.00. The van der Waals surface area contributed by atoms with Gasteiger partial charge in [-0.2, -0.15) is 0 Å². The number of benzene rings is 3. The van der Waals surface area contributed by atoms with Crippen molar-refractivity contribution in [1.29, 1.82) is 0 Å². The van der Waals surface area contributed by atoms with Gasteiger partial charge < -0.3 is 10.0 Å². The van der Waals surface area contributed by atoms with Crippen LogP contribution in [0, 0.1) is 0 Å². The van der Waals surface area contributed by atoms with Gasteiger partial charge in [0.1, 0.15) is 0 Å². The van der Waals surface area contributed by atoms with E-state index in [1.54, 1.807) is 11.3 Å². The standard InChI is InChI=1S/C23H15BO2S/c25-24(26)14-9-10-16-15-5-1-3-7-18(15)23(21(16)13-14)19-8-4-2-6-17(19)22-20(23)11-12-27-22/h1-13,25-26H. The molecule has 6 rings (SSSR count). The second-order valence-electron chi connectivity index (χ2n) is 7.18. The Morgan fingerprint density at radius 1 is 0.667 bits per heavy atom. The second kappa shape index (κ2) is 5.20. The largest absolute Gasteiger partial charge is 0.488 e. The van der Waals surface area contributed by atoms with Crippen molar-refractivity contribution in [1.82, 2.24) is 0 Å². The van der Waals surface area contributed by atoms with Crippen LogP contribution in [0.4, 0.5) is 0 Å². The molecule has 1 spiro atoms. The quantitative estimate of drug-likeness (QED) is 0.435. The molecule has 0 aliphatic heterocycles. The first-order chi connectivity index (χ1) is 13.2. The van der Waals surface area contributed by atoms with E-state index in [-0.39, 0.29) is 5.41 Å². The van der Waals surface area contributed by atoms with Crippen LogP contribution in [-0.4, -0.2) is 17.2 Å². The molecule has 2 N–H and O–H groups in total. The molecule has 1 heterocycles. The molecule has 0 radical (unpaired) electrons. The molecule has 0 saturated carbocycles. The minimum absolute atomic E-state index is 0.386. The summed E-state index contributed by atoms with van der Waals surface area (Å²) in [6, 6.07) is 25.2. The molecule has 2 aliphatic rings. The number of rotatable bonds is 1. The number of hydrogen-bond acceptors (Lipinski definition) is 3. The first-order valence-electron chi connectivity index (χ1n) is 9.01. The number of fused-ring (bicyclic) bond motifs is 10. The van der Waals surface area contributed by atoms with Crippen LogP contribution in [0.5, 0.6) is 0 Å². The molecule has 0 saturated heterocycles. The molecule has 128 valence electrons. The zero-order chi connectivity index (χ0) is 18.2. The van der Waals surface area contributed by atoms with E-state index in [0.29, 0.717) is 5.46 Å². The molecule has 0 fully saturated rings. The van der Waals surface area contributed by atoms with Gasteiger partial charge in [-0.15, -0.1) is 11.3 Å². The molecule has 27 heavy (non-hydrogen) atoms. The molecule has 3 aromatic carbocycles. The van der Waals surface area contributed by atoms with E-state index in [1.165, 1.54) is 38.3 Å². The highest BCUT2D eigenvalue weighted by Gasteiger charge is 2.52. The molecular weight excluding hydrogens is 351 g/mol. The first kappa shape index (κ1) is 15.4. The molecule has 1 aromatic heterocycles. The van der Waals surface area contributed by atoms with Crippen LogP contribution in [0.2, 0.25) is 0 Å². The van der Waals surface area contributed by atoms with Gasteiger partial charge in [0, 0.05) is 4.88 Å². The summed E-state index contributed by atoms with van der Waals surface area (Å²) in [6.07, 6.45) is 0. The van der Waals surface area contributed by atoms with Crippen molar-refractivity contribution in [3.63, 3.8) is 0 Å². The van der Waals surface area contributed by atoms with Crippen molar-refractivity contribution in [3.05, 3.63) is 100 Å². The molecule has 0 bridgehead atoms. The number of hydrogen-bond donors (Lipinski definition) is 2. The SMILES string of the molecule is OB(O)c1ccc2c(c1)C1(c3ccccc3-2)c2ccccc2-c2sccc21. The van der Waals surface area contributed by atoms with Crippen molar-refractivity contribution in [3.8, 4) is 21.6 Å². The summed E-state index contributed by atoms with van der Waals surface area (Å²) in [7, 11) is -1.48. The lowest BCUT2D eigenvalue weighted by Crippen LogP contribution is -2.32. The Bertz CT molecular complexity index is 1230. The fraction of sp³-hybridized carbons (Fsp3) is 0.0435. The van der Waals surface area contributed by atoms with Gasteiger partial charge in [-0.25, -0.2) is 0 Å². The average Bonchev–Trinajstić information content (AvgIpc) is 3.36. The van der Waals surface area contributed by atoms with Gasteiger partial charge in [-0.05, 0) is 55.9 Å². The third kappa shape index (κ3) is 1.73. The zero-order valence-electron chi connectivity index (χ0n) is 14.4. The zero-order valence-corrected chi connectivity index (χ0v) is 15.2. The Kier molecular flexibility index (Phi) is 2.97. The normalized spacial score (nSPS) is 18.1. The predicted molar refractivity (Wildman–Crippen MR) is 110 cm³/mol. The van der Waals surface area contributed by atoms with Crippen LogP contribution >= 0.6 is 11.3 Å². The van der Waals surface area contributed by atoms with Crippen molar-refractivity contribution < 1.29 is 10.0 Å². The van der Waals surface area contributed by atoms with E-state index in [1.807, 2.05) is 18.2 Å². The van der Waals surface area contributed by atoms with E-state index < -0.39 is 7.12 Å². The van der Waals surface area contributed by atoms with Gasteiger partial charge in [0.25, 0.3) is 0 Å². The highest BCUT2D eigenvalue weighted by molar-refractivity contribution is 7.14. The molecule has 1 unspecified atom stereocenters. The van der Waals surface area contributed by atoms with E-state index in [4.69, 9.17) is 0 Å². The molecule has 2 aliphatic carbocycles. The Morgan fingerprint density at radius 3 is 2.11 bits per heavy atom. The van der Waals surface area contributed by atoms with Gasteiger partial charge in [0.15, 0.2) is 0 Å². The van der Waals surface area contributed by atoms with E-state index in [0.717, 1.165) is 5.56 Å². The molecule has 4 heteroatoms. The van der Waals surface area contributed by atoms with Crippen molar-refractivity contribution in [2.24, 2.45) is 0 Å². The molecular formula is C23H15BO2S. The van der Waals surface area contributed by atoms with Gasteiger partial charge in [0.05, 0.1) is 5.41 Å². The van der Waals surface area contributed by atoms with Crippen LogP contribution in [0.15, 0.2) is 78.2 Å². The van der Waals surface area contributed by atoms with E-state index in [2.05, 4.69) is 60.0 Å². The monoisotopic (exact) mass is 366 g/mol. The predicted octanol–water partition coefficient (Wildman–Crippen LogP) is 3.77. The van der Waals surface area contributed by atoms with E-state index in [9.17, 15) is 10.0 Å². The van der Waals surface area contributed by atoms with Crippen LogP contribution in [0.25, 0.3) is 21.6 Å². The van der Waals surface area contributed by atoms with Gasteiger partial charge in [-0.1, -0.05) is 66.7 Å². The van der Waals surface area contributed by atoms with Crippen molar-refractivity contribution >= 4 is 23.9 Å². The van der Waals surface area contributed by atoms with Gasteiger partial charge in [-0.3, -0.25) is 0 Å². The van der Waals surface area contributed by atoms with Gasteiger partial charge in [0.2, 0.25) is 0 Å². The summed E-state index contributed by atoms with van der Waals surface area (Å²) in [5.74, 6) is 0.